The predicted molar refractivity (Wildman–Crippen MR) is 141 cm³/mol. The van der Waals surface area contributed by atoms with E-state index in [4.69, 9.17) is 4.98 Å². The Kier molecular flexibility index (Phi) is 5.60. The standard InChI is InChI=1S/C30H23N3OS/c31-18-23-17-22-16-21(20-8-2-1-3-9-20)14-15-26(22)32-30(23)35-19-29(34)33-27-12-6-4-10-24(27)25-11-5-7-13-28(25)33/h1-13,17,21H,14-16,19H2. The van der Waals surface area contributed by atoms with Crippen LogP contribution in [0, 0.1) is 11.3 Å². The van der Waals surface area contributed by atoms with Gasteiger partial charge in [0.15, 0.2) is 0 Å². The molecule has 0 radical (unpaired) electrons. The van der Waals surface area contributed by atoms with Crippen LogP contribution >= 0.6 is 11.8 Å². The van der Waals surface area contributed by atoms with E-state index >= 15 is 0 Å². The molecular weight excluding hydrogens is 450 g/mol. The summed E-state index contributed by atoms with van der Waals surface area (Å²) in [7, 11) is 0. The van der Waals surface area contributed by atoms with Crippen molar-refractivity contribution in [3.05, 3.63) is 107 Å². The minimum Gasteiger partial charge on any atom is -0.279 e. The van der Waals surface area contributed by atoms with Crippen LogP contribution in [0.3, 0.4) is 0 Å². The van der Waals surface area contributed by atoms with Crippen LogP contribution in [0.5, 0.6) is 0 Å². The van der Waals surface area contributed by atoms with Crippen LogP contribution in [0.2, 0.25) is 0 Å². The summed E-state index contributed by atoms with van der Waals surface area (Å²) in [5, 5.41) is 12.6. The molecule has 3 aromatic carbocycles. The highest BCUT2D eigenvalue weighted by Crippen LogP contribution is 2.35. The van der Waals surface area contributed by atoms with E-state index in [-0.39, 0.29) is 11.7 Å². The number of carbonyl (C=O) groups excluding carboxylic acids is 1. The van der Waals surface area contributed by atoms with Gasteiger partial charge in [-0.25, -0.2) is 4.98 Å². The van der Waals surface area contributed by atoms with Gasteiger partial charge in [0.25, 0.3) is 0 Å². The summed E-state index contributed by atoms with van der Waals surface area (Å²) in [6.07, 6.45) is 2.82. The molecule has 0 saturated heterocycles. The van der Waals surface area contributed by atoms with E-state index in [1.165, 1.54) is 17.3 Å². The van der Waals surface area contributed by atoms with Crippen molar-refractivity contribution >= 4 is 39.5 Å². The number of aromatic nitrogens is 2. The van der Waals surface area contributed by atoms with Gasteiger partial charge in [0, 0.05) is 16.5 Å². The average molecular weight is 474 g/mol. The number of nitriles is 1. The minimum atomic E-state index is -0.0139. The summed E-state index contributed by atoms with van der Waals surface area (Å²) in [4.78, 5) is 18.3. The van der Waals surface area contributed by atoms with Crippen molar-refractivity contribution in [2.45, 2.75) is 30.2 Å². The highest BCUT2D eigenvalue weighted by atomic mass is 32.2. The zero-order valence-corrected chi connectivity index (χ0v) is 20.0. The molecule has 2 aromatic heterocycles. The van der Waals surface area contributed by atoms with Crippen molar-refractivity contribution in [1.29, 1.82) is 5.26 Å². The maximum absolute atomic E-state index is 13.4. The normalized spacial score (nSPS) is 15.1. The summed E-state index contributed by atoms with van der Waals surface area (Å²) in [5.41, 5.74) is 5.92. The molecule has 0 bridgehead atoms. The van der Waals surface area contributed by atoms with E-state index in [2.05, 4.69) is 42.5 Å². The minimum absolute atomic E-state index is 0.0139. The summed E-state index contributed by atoms with van der Waals surface area (Å²) in [6, 6.07) is 30.9. The molecule has 5 aromatic rings. The number of thioether (sulfide) groups is 1. The van der Waals surface area contributed by atoms with Crippen LogP contribution in [0.15, 0.2) is 90.0 Å². The molecule has 0 N–H and O–H groups in total. The zero-order valence-electron chi connectivity index (χ0n) is 19.1. The van der Waals surface area contributed by atoms with E-state index in [1.54, 1.807) is 4.57 Å². The van der Waals surface area contributed by atoms with Gasteiger partial charge in [0.05, 0.1) is 22.3 Å². The predicted octanol–water partition coefficient (Wildman–Crippen LogP) is 6.77. The Hall–Kier alpha value is -3.88. The van der Waals surface area contributed by atoms with Crippen molar-refractivity contribution in [2.75, 3.05) is 5.75 Å². The number of para-hydroxylation sites is 2. The first-order chi connectivity index (χ1) is 17.2. The second-order valence-corrected chi connectivity index (χ2v) is 9.93. The second kappa shape index (κ2) is 9.05. The Bertz CT molecular complexity index is 1560. The summed E-state index contributed by atoms with van der Waals surface area (Å²) < 4.78 is 1.80. The molecule has 0 amide bonds. The topological polar surface area (TPSA) is 58.7 Å². The van der Waals surface area contributed by atoms with Gasteiger partial charge in [-0.05, 0) is 54.5 Å². The molecule has 1 unspecified atom stereocenters. The monoisotopic (exact) mass is 473 g/mol. The number of benzene rings is 3. The lowest BCUT2D eigenvalue weighted by molar-refractivity contribution is 0.0951. The van der Waals surface area contributed by atoms with E-state index in [0.29, 0.717) is 16.5 Å². The van der Waals surface area contributed by atoms with Crippen LogP contribution in [0.1, 0.15) is 39.5 Å². The molecule has 0 spiro atoms. The lowest BCUT2D eigenvalue weighted by Gasteiger charge is -2.25. The summed E-state index contributed by atoms with van der Waals surface area (Å²) in [5.74, 6) is 0.655. The fourth-order valence-corrected chi connectivity index (χ4v) is 6.06. The van der Waals surface area contributed by atoms with Crippen molar-refractivity contribution in [2.24, 2.45) is 0 Å². The molecule has 4 nitrogen and oxygen atoms in total. The smallest absolute Gasteiger partial charge is 0.241 e. The van der Waals surface area contributed by atoms with Gasteiger partial charge in [0.1, 0.15) is 11.1 Å². The first-order valence-corrected chi connectivity index (χ1v) is 12.8. The van der Waals surface area contributed by atoms with Crippen LogP contribution in [0.4, 0.5) is 0 Å². The molecule has 35 heavy (non-hydrogen) atoms. The number of aryl methyl sites for hydroxylation is 1. The number of nitrogens with zero attached hydrogens (tertiary/aromatic N) is 3. The number of hydrogen-bond donors (Lipinski definition) is 0. The molecule has 1 atom stereocenters. The fourth-order valence-electron chi connectivity index (χ4n) is 5.23. The fraction of sp³-hybridized carbons (Fsp3) is 0.167. The summed E-state index contributed by atoms with van der Waals surface area (Å²) in [6.45, 7) is 0. The molecule has 0 saturated carbocycles. The van der Waals surface area contributed by atoms with E-state index in [1.807, 2.05) is 48.5 Å². The van der Waals surface area contributed by atoms with Crippen LogP contribution < -0.4 is 0 Å². The van der Waals surface area contributed by atoms with Gasteiger partial charge in [-0.3, -0.25) is 9.36 Å². The first kappa shape index (κ1) is 21.6. The van der Waals surface area contributed by atoms with E-state index in [9.17, 15) is 10.1 Å². The van der Waals surface area contributed by atoms with Crippen LogP contribution in [0.25, 0.3) is 21.8 Å². The molecule has 1 aliphatic carbocycles. The Balaban J connectivity index is 1.27. The van der Waals surface area contributed by atoms with Gasteiger partial charge in [-0.15, -0.1) is 0 Å². The lowest BCUT2D eigenvalue weighted by Crippen LogP contribution is -2.16. The molecule has 5 heteroatoms. The van der Waals surface area contributed by atoms with Gasteiger partial charge >= 0.3 is 0 Å². The number of hydrogen-bond acceptors (Lipinski definition) is 4. The lowest BCUT2D eigenvalue weighted by atomic mass is 9.82. The van der Waals surface area contributed by atoms with Crippen LogP contribution in [-0.2, 0) is 12.8 Å². The van der Waals surface area contributed by atoms with Gasteiger partial charge in [0.2, 0.25) is 5.91 Å². The largest absolute Gasteiger partial charge is 0.279 e. The Morgan fingerprint density at radius 1 is 0.971 bits per heavy atom. The van der Waals surface area contributed by atoms with Crippen LogP contribution in [-0.4, -0.2) is 21.2 Å². The Labute approximate surface area is 208 Å². The van der Waals surface area contributed by atoms with Crippen molar-refractivity contribution in [1.82, 2.24) is 9.55 Å². The highest BCUT2D eigenvalue weighted by molar-refractivity contribution is 8.00. The molecule has 1 aliphatic rings. The highest BCUT2D eigenvalue weighted by Gasteiger charge is 2.24. The third-order valence-electron chi connectivity index (χ3n) is 6.91. The zero-order chi connectivity index (χ0) is 23.8. The van der Waals surface area contributed by atoms with E-state index in [0.717, 1.165) is 52.3 Å². The number of carbonyl (C=O) groups is 1. The Morgan fingerprint density at radius 3 is 2.31 bits per heavy atom. The summed E-state index contributed by atoms with van der Waals surface area (Å²) >= 11 is 1.36. The van der Waals surface area contributed by atoms with Crippen molar-refractivity contribution < 1.29 is 4.79 Å². The molecule has 2 heterocycles. The van der Waals surface area contributed by atoms with Gasteiger partial charge in [-0.1, -0.05) is 78.5 Å². The molecule has 6 rings (SSSR count). The third kappa shape index (κ3) is 3.90. The Morgan fingerprint density at radius 2 is 1.63 bits per heavy atom. The molecule has 170 valence electrons. The van der Waals surface area contributed by atoms with E-state index < -0.39 is 0 Å². The maximum atomic E-state index is 13.4. The molecular formula is C30H23N3OS. The second-order valence-electron chi connectivity index (χ2n) is 8.96. The molecule has 0 fully saturated rings. The maximum Gasteiger partial charge on any atom is 0.241 e. The number of fused-ring (bicyclic) bond motifs is 4. The first-order valence-electron chi connectivity index (χ1n) is 11.8. The third-order valence-corrected chi connectivity index (χ3v) is 7.88. The average Bonchev–Trinajstić information content (AvgIpc) is 3.26. The molecule has 0 aliphatic heterocycles. The van der Waals surface area contributed by atoms with Crippen molar-refractivity contribution in [3.8, 4) is 6.07 Å². The quantitative estimate of drug-likeness (QED) is 0.270. The van der Waals surface area contributed by atoms with Crippen molar-refractivity contribution in [3.63, 3.8) is 0 Å². The SMILES string of the molecule is N#Cc1cc2c(nc1SCC(=O)n1c3ccccc3c3ccccc31)CCC(c1ccccc1)C2. The van der Waals surface area contributed by atoms with Gasteiger partial charge in [-0.2, -0.15) is 5.26 Å². The number of rotatable bonds is 4. The number of pyridine rings is 1. The van der Waals surface area contributed by atoms with Gasteiger partial charge < -0.3 is 0 Å².